The summed E-state index contributed by atoms with van der Waals surface area (Å²) in [6, 6.07) is 2.27. The Hall–Kier alpha value is -1.39. The molecule has 21 heavy (non-hydrogen) atoms. The minimum atomic E-state index is 0.159. The van der Waals surface area contributed by atoms with Crippen LogP contribution in [0.2, 0.25) is 0 Å². The summed E-state index contributed by atoms with van der Waals surface area (Å²) < 4.78 is 5.77. The van der Waals surface area contributed by atoms with Crippen molar-refractivity contribution < 1.29 is 4.74 Å². The fourth-order valence-electron chi connectivity index (χ4n) is 2.29. The summed E-state index contributed by atoms with van der Waals surface area (Å²) in [7, 11) is 0. The van der Waals surface area contributed by atoms with E-state index < -0.39 is 0 Å². The van der Waals surface area contributed by atoms with Crippen molar-refractivity contribution in [1.82, 2.24) is 10.3 Å². The maximum atomic E-state index is 5.77. The molecule has 2 heterocycles. The average molecular weight is 304 g/mol. The molecule has 114 valence electrons. The number of thiophene rings is 1. The van der Waals surface area contributed by atoms with Gasteiger partial charge in [0.15, 0.2) is 0 Å². The van der Waals surface area contributed by atoms with Gasteiger partial charge in [0.1, 0.15) is 5.75 Å². The fraction of sp³-hybridized carbons (Fsp3) is 0.471. The van der Waals surface area contributed by atoms with E-state index in [1.54, 1.807) is 17.5 Å². The van der Waals surface area contributed by atoms with E-state index in [9.17, 15) is 0 Å². The second-order valence-corrected chi connectivity index (χ2v) is 6.26. The lowest BCUT2D eigenvalue weighted by molar-refractivity contribution is 0.241. The molecule has 2 rings (SSSR count). The molecule has 0 fully saturated rings. The minimum Gasteiger partial charge on any atom is -0.489 e. The molecule has 0 saturated heterocycles. The summed E-state index contributed by atoms with van der Waals surface area (Å²) in [5.41, 5.74) is 3.81. The van der Waals surface area contributed by atoms with Crippen LogP contribution >= 0.6 is 11.3 Å². The maximum absolute atomic E-state index is 5.77. The van der Waals surface area contributed by atoms with Gasteiger partial charge >= 0.3 is 0 Å². The number of rotatable bonds is 7. The van der Waals surface area contributed by atoms with E-state index in [0.717, 1.165) is 24.3 Å². The number of nitrogens with one attached hydrogen (secondary N) is 1. The number of hydrogen-bond acceptors (Lipinski definition) is 4. The zero-order valence-corrected chi connectivity index (χ0v) is 14.0. The van der Waals surface area contributed by atoms with Crippen LogP contribution in [0.4, 0.5) is 0 Å². The molecule has 0 radical (unpaired) electrons. The minimum absolute atomic E-state index is 0.159. The van der Waals surface area contributed by atoms with E-state index in [1.807, 2.05) is 20.0 Å². The van der Waals surface area contributed by atoms with Gasteiger partial charge in [0.2, 0.25) is 0 Å². The molecule has 3 nitrogen and oxygen atoms in total. The molecule has 0 aliphatic carbocycles. The lowest BCUT2D eigenvalue weighted by Crippen LogP contribution is -2.23. The Morgan fingerprint density at radius 3 is 2.71 bits per heavy atom. The van der Waals surface area contributed by atoms with Crippen molar-refractivity contribution in [3.63, 3.8) is 0 Å². The van der Waals surface area contributed by atoms with Crippen LogP contribution in [-0.2, 0) is 0 Å². The first-order chi connectivity index (χ1) is 10.1. The van der Waals surface area contributed by atoms with Crippen LogP contribution < -0.4 is 10.1 Å². The molecular formula is C17H24N2OS. The Kier molecular flexibility index (Phi) is 5.76. The van der Waals surface area contributed by atoms with Crippen LogP contribution in [0, 0.1) is 6.92 Å². The summed E-state index contributed by atoms with van der Waals surface area (Å²) in [5, 5.41) is 8.03. The van der Waals surface area contributed by atoms with Gasteiger partial charge in [-0.15, -0.1) is 0 Å². The summed E-state index contributed by atoms with van der Waals surface area (Å²) >= 11 is 1.75. The number of ether oxygens (including phenoxy) is 1. The van der Waals surface area contributed by atoms with Crippen LogP contribution in [-0.4, -0.2) is 17.6 Å². The topological polar surface area (TPSA) is 34.2 Å². The maximum Gasteiger partial charge on any atom is 0.138 e. The SMILES string of the molecule is CCCNC(c1cncc(OC(C)C)c1)c1cscc1C. The Bertz CT molecular complexity index is 565. The van der Waals surface area contributed by atoms with Gasteiger partial charge in [-0.05, 0) is 67.3 Å². The second kappa shape index (κ2) is 7.57. The van der Waals surface area contributed by atoms with Gasteiger partial charge in [-0.3, -0.25) is 4.98 Å². The fourth-order valence-corrected chi connectivity index (χ4v) is 3.17. The predicted molar refractivity (Wildman–Crippen MR) is 89.2 cm³/mol. The summed E-state index contributed by atoms with van der Waals surface area (Å²) in [6.45, 7) is 9.38. The highest BCUT2D eigenvalue weighted by atomic mass is 32.1. The van der Waals surface area contributed by atoms with Crippen LogP contribution in [0.5, 0.6) is 5.75 Å². The van der Waals surface area contributed by atoms with Crippen molar-refractivity contribution in [1.29, 1.82) is 0 Å². The summed E-state index contributed by atoms with van der Waals surface area (Å²) in [5.74, 6) is 0.832. The van der Waals surface area contributed by atoms with Gasteiger partial charge in [-0.25, -0.2) is 0 Å². The van der Waals surface area contributed by atoms with Gasteiger partial charge < -0.3 is 10.1 Å². The van der Waals surface area contributed by atoms with Crippen molar-refractivity contribution in [2.24, 2.45) is 0 Å². The average Bonchev–Trinajstić information content (AvgIpc) is 2.85. The molecule has 0 spiro atoms. The van der Waals surface area contributed by atoms with E-state index in [4.69, 9.17) is 4.74 Å². The lowest BCUT2D eigenvalue weighted by Gasteiger charge is -2.20. The van der Waals surface area contributed by atoms with Gasteiger partial charge in [0, 0.05) is 6.20 Å². The largest absolute Gasteiger partial charge is 0.489 e. The number of aryl methyl sites for hydroxylation is 1. The highest BCUT2D eigenvalue weighted by molar-refractivity contribution is 7.08. The third kappa shape index (κ3) is 4.29. The van der Waals surface area contributed by atoms with Crippen molar-refractivity contribution in [2.75, 3.05) is 6.54 Å². The smallest absolute Gasteiger partial charge is 0.138 e. The van der Waals surface area contributed by atoms with E-state index in [1.165, 1.54) is 11.1 Å². The van der Waals surface area contributed by atoms with Gasteiger partial charge in [-0.2, -0.15) is 11.3 Å². The van der Waals surface area contributed by atoms with E-state index in [2.05, 4.69) is 41.0 Å². The number of pyridine rings is 1. The van der Waals surface area contributed by atoms with Crippen molar-refractivity contribution in [3.05, 3.63) is 45.9 Å². The van der Waals surface area contributed by atoms with Crippen molar-refractivity contribution >= 4 is 11.3 Å². The van der Waals surface area contributed by atoms with Crippen LogP contribution in [0.1, 0.15) is 49.9 Å². The van der Waals surface area contributed by atoms with E-state index in [0.29, 0.717) is 0 Å². The first-order valence-electron chi connectivity index (χ1n) is 7.49. The zero-order valence-electron chi connectivity index (χ0n) is 13.2. The molecule has 0 amide bonds. The third-order valence-electron chi connectivity index (χ3n) is 3.24. The Balaban J connectivity index is 2.30. The van der Waals surface area contributed by atoms with E-state index in [-0.39, 0.29) is 12.1 Å². The first-order valence-corrected chi connectivity index (χ1v) is 8.43. The number of aromatic nitrogens is 1. The van der Waals surface area contributed by atoms with Crippen molar-refractivity contribution in [2.45, 2.75) is 46.3 Å². The predicted octanol–water partition coefficient (Wildman–Crippen LogP) is 4.33. The molecule has 0 aliphatic heterocycles. The molecule has 2 aromatic heterocycles. The molecule has 0 aromatic carbocycles. The highest BCUT2D eigenvalue weighted by Gasteiger charge is 2.17. The standard InChI is InChI=1S/C17H24N2OS/c1-5-6-19-17(16-11-21-10-13(16)4)14-7-15(9-18-8-14)20-12(2)3/h7-12,17,19H,5-6H2,1-4H3. The Morgan fingerprint density at radius 1 is 1.29 bits per heavy atom. The lowest BCUT2D eigenvalue weighted by atomic mass is 9.99. The van der Waals surface area contributed by atoms with Crippen LogP contribution in [0.3, 0.4) is 0 Å². The monoisotopic (exact) mass is 304 g/mol. The summed E-state index contributed by atoms with van der Waals surface area (Å²) in [4.78, 5) is 4.34. The molecule has 1 atom stereocenters. The van der Waals surface area contributed by atoms with Crippen LogP contribution in [0.25, 0.3) is 0 Å². The van der Waals surface area contributed by atoms with Gasteiger partial charge in [0.25, 0.3) is 0 Å². The highest BCUT2D eigenvalue weighted by Crippen LogP contribution is 2.29. The second-order valence-electron chi connectivity index (χ2n) is 5.52. The first kappa shape index (κ1) is 16.0. The molecule has 0 bridgehead atoms. The Morgan fingerprint density at radius 2 is 2.10 bits per heavy atom. The molecule has 1 unspecified atom stereocenters. The quantitative estimate of drug-likeness (QED) is 0.827. The number of nitrogens with zero attached hydrogens (tertiary/aromatic N) is 1. The Labute approximate surface area is 131 Å². The molecule has 4 heteroatoms. The molecule has 2 aromatic rings. The molecular weight excluding hydrogens is 280 g/mol. The normalized spacial score (nSPS) is 12.6. The number of hydrogen-bond donors (Lipinski definition) is 1. The molecule has 0 aliphatic rings. The molecule has 0 saturated carbocycles. The van der Waals surface area contributed by atoms with Gasteiger partial charge in [-0.1, -0.05) is 6.92 Å². The van der Waals surface area contributed by atoms with Crippen molar-refractivity contribution in [3.8, 4) is 5.75 Å². The van der Waals surface area contributed by atoms with Gasteiger partial charge in [0.05, 0.1) is 18.3 Å². The van der Waals surface area contributed by atoms with Crippen LogP contribution in [0.15, 0.2) is 29.2 Å². The third-order valence-corrected chi connectivity index (χ3v) is 4.12. The molecule has 1 N–H and O–H groups in total. The zero-order chi connectivity index (χ0) is 15.2. The summed E-state index contributed by atoms with van der Waals surface area (Å²) in [6.07, 6.45) is 4.97. The van der Waals surface area contributed by atoms with E-state index >= 15 is 0 Å².